The second kappa shape index (κ2) is 9.74. The van der Waals surface area contributed by atoms with Gasteiger partial charge < -0.3 is 10.2 Å². The highest BCUT2D eigenvalue weighted by atomic mass is 35.5. The van der Waals surface area contributed by atoms with Gasteiger partial charge in [-0.15, -0.1) is 0 Å². The number of nitrogens with zero attached hydrogens (tertiary/aromatic N) is 3. The minimum atomic E-state index is -3.27. The van der Waals surface area contributed by atoms with Gasteiger partial charge >= 0.3 is 0 Å². The molecule has 1 aliphatic heterocycles. The number of anilines is 1. The molecular weight excluding hydrogens is 443 g/mol. The lowest BCUT2D eigenvalue weighted by Crippen LogP contribution is -2.35. The number of amides is 1. The lowest BCUT2D eigenvalue weighted by atomic mass is 9.95. The number of carbonyl (C=O) groups excluding carboxylic acids is 1. The topological polar surface area (TPSA) is 92.3 Å². The summed E-state index contributed by atoms with van der Waals surface area (Å²) in [6.45, 7) is 2.40. The first-order valence-electron chi connectivity index (χ1n) is 9.87. The molecule has 1 aromatic carbocycles. The molecule has 31 heavy (non-hydrogen) atoms. The molecule has 3 rings (SSSR count). The Bertz CT molecular complexity index is 1080. The van der Waals surface area contributed by atoms with Crippen molar-refractivity contribution in [2.75, 3.05) is 17.7 Å². The first-order valence-corrected chi connectivity index (χ1v) is 12.2. The zero-order chi connectivity index (χ0) is 22.6. The van der Waals surface area contributed by atoms with Gasteiger partial charge in [0.05, 0.1) is 18.4 Å². The Hall–Kier alpha value is -2.52. The Morgan fingerprint density at radius 2 is 2.10 bits per heavy atom. The van der Waals surface area contributed by atoms with Gasteiger partial charge in [0.2, 0.25) is 0 Å². The fraction of sp³-hybridized carbons (Fsp3) is 0.381. The predicted molar refractivity (Wildman–Crippen MR) is 118 cm³/mol. The number of nitrogens with one attached hydrogen (secondary N) is 1. The van der Waals surface area contributed by atoms with Crippen molar-refractivity contribution in [1.82, 2.24) is 15.3 Å². The molecule has 1 aliphatic rings. The number of rotatable bonds is 6. The van der Waals surface area contributed by atoms with E-state index in [1.165, 1.54) is 30.6 Å². The van der Waals surface area contributed by atoms with Crippen LogP contribution in [0.15, 0.2) is 42.1 Å². The number of piperidine rings is 1. The summed E-state index contributed by atoms with van der Waals surface area (Å²) in [7, 11) is -3.27. The summed E-state index contributed by atoms with van der Waals surface area (Å²) in [4.78, 5) is 23.1. The maximum Gasteiger partial charge on any atom is 0.271 e. The fourth-order valence-electron chi connectivity index (χ4n) is 3.48. The monoisotopic (exact) mass is 466 g/mol. The van der Waals surface area contributed by atoms with Gasteiger partial charge in [-0.3, -0.25) is 4.79 Å². The summed E-state index contributed by atoms with van der Waals surface area (Å²) in [6.07, 6.45) is 8.22. The Kier molecular flexibility index (Phi) is 7.27. The van der Waals surface area contributed by atoms with Crippen LogP contribution in [0.5, 0.6) is 0 Å². The number of carbonyl (C=O) groups is 1. The van der Waals surface area contributed by atoms with Crippen LogP contribution in [-0.4, -0.2) is 43.1 Å². The van der Waals surface area contributed by atoms with Gasteiger partial charge in [-0.1, -0.05) is 23.7 Å². The average molecular weight is 467 g/mol. The average Bonchev–Trinajstić information content (AvgIpc) is 2.72. The molecule has 166 valence electrons. The molecule has 7 nitrogen and oxygen atoms in total. The van der Waals surface area contributed by atoms with Gasteiger partial charge in [0.1, 0.15) is 17.3 Å². The SMILES string of the molecule is C[C@H](/C=C/S(C)(=O)=O)NC(=O)c1cnc(N2CCCC[C@@H]2c2ccc(F)cc2Cl)cn1. The molecule has 1 aromatic heterocycles. The van der Waals surface area contributed by atoms with Crippen LogP contribution >= 0.6 is 11.6 Å². The molecule has 2 atom stereocenters. The fourth-order valence-corrected chi connectivity index (χ4v) is 4.29. The second-order valence-corrected chi connectivity index (χ2v) is 9.89. The van der Waals surface area contributed by atoms with E-state index in [1.54, 1.807) is 13.0 Å². The van der Waals surface area contributed by atoms with E-state index in [0.29, 0.717) is 10.8 Å². The number of hydrogen-bond donors (Lipinski definition) is 1. The van der Waals surface area contributed by atoms with E-state index in [1.807, 2.05) is 0 Å². The normalized spacial score (nSPS) is 18.2. The van der Waals surface area contributed by atoms with E-state index in [4.69, 9.17) is 11.6 Å². The lowest BCUT2D eigenvalue weighted by Gasteiger charge is -2.37. The van der Waals surface area contributed by atoms with E-state index in [2.05, 4.69) is 20.2 Å². The molecule has 1 fully saturated rings. The highest BCUT2D eigenvalue weighted by molar-refractivity contribution is 7.93. The zero-order valence-electron chi connectivity index (χ0n) is 17.3. The third-order valence-corrected chi connectivity index (χ3v) is 5.94. The molecular formula is C21H24ClFN4O3S. The smallest absolute Gasteiger partial charge is 0.271 e. The standard InChI is InChI=1S/C21H24ClFN4O3S/c1-14(8-10-31(2,29)30)26-21(28)18-12-25-20(13-24-18)27-9-4-3-5-19(27)16-7-6-15(23)11-17(16)22/h6-8,10-14,19H,3-5,9H2,1-2H3,(H,26,28)/b10-8+/t14-,19-/m1/s1. The largest absolute Gasteiger partial charge is 0.348 e. The van der Waals surface area contributed by atoms with Crippen LogP contribution in [-0.2, 0) is 9.84 Å². The third kappa shape index (κ3) is 6.24. The molecule has 2 heterocycles. The minimum Gasteiger partial charge on any atom is -0.348 e. The highest BCUT2D eigenvalue weighted by Gasteiger charge is 2.27. The van der Waals surface area contributed by atoms with Crippen molar-refractivity contribution in [3.63, 3.8) is 0 Å². The quantitative estimate of drug-likeness (QED) is 0.698. The Morgan fingerprint density at radius 3 is 2.74 bits per heavy atom. The molecule has 1 saturated heterocycles. The maximum atomic E-state index is 13.5. The summed E-state index contributed by atoms with van der Waals surface area (Å²) < 4.78 is 35.8. The van der Waals surface area contributed by atoms with Gasteiger partial charge in [0.15, 0.2) is 9.84 Å². The van der Waals surface area contributed by atoms with Crippen LogP contribution < -0.4 is 10.2 Å². The van der Waals surface area contributed by atoms with E-state index < -0.39 is 21.8 Å². The minimum absolute atomic E-state index is 0.0584. The molecule has 0 aliphatic carbocycles. The number of halogens is 2. The molecule has 0 unspecified atom stereocenters. The summed E-state index contributed by atoms with van der Waals surface area (Å²) in [5.74, 6) is -0.236. The first-order chi connectivity index (χ1) is 14.6. The van der Waals surface area contributed by atoms with Gasteiger partial charge in [0, 0.05) is 29.3 Å². The second-order valence-electron chi connectivity index (χ2n) is 7.55. The Balaban J connectivity index is 1.74. The van der Waals surface area contributed by atoms with E-state index in [-0.39, 0.29) is 17.6 Å². The molecule has 1 amide bonds. The predicted octanol–water partition coefficient (Wildman–Crippen LogP) is 3.68. The van der Waals surface area contributed by atoms with Crippen molar-refractivity contribution in [3.05, 3.63) is 64.2 Å². The molecule has 0 radical (unpaired) electrons. The van der Waals surface area contributed by atoms with E-state index in [0.717, 1.165) is 43.0 Å². The van der Waals surface area contributed by atoms with Crippen LogP contribution in [0.4, 0.5) is 10.2 Å². The van der Waals surface area contributed by atoms with Gasteiger partial charge in [-0.25, -0.2) is 22.8 Å². The van der Waals surface area contributed by atoms with Crippen LogP contribution in [0.3, 0.4) is 0 Å². The molecule has 0 saturated carbocycles. The summed E-state index contributed by atoms with van der Waals surface area (Å²) >= 11 is 6.29. The first kappa shape index (κ1) is 23.1. The molecule has 0 bridgehead atoms. The van der Waals surface area contributed by atoms with Gasteiger partial charge in [-0.2, -0.15) is 0 Å². The van der Waals surface area contributed by atoms with Crippen molar-refractivity contribution in [1.29, 1.82) is 0 Å². The maximum absolute atomic E-state index is 13.5. The summed E-state index contributed by atoms with van der Waals surface area (Å²) in [5, 5.41) is 4.07. The summed E-state index contributed by atoms with van der Waals surface area (Å²) in [5.41, 5.74) is 0.953. The van der Waals surface area contributed by atoms with E-state index >= 15 is 0 Å². The van der Waals surface area contributed by atoms with Crippen molar-refractivity contribution < 1.29 is 17.6 Å². The van der Waals surface area contributed by atoms with Gasteiger partial charge in [0.25, 0.3) is 5.91 Å². The lowest BCUT2D eigenvalue weighted by molar-refractivity contribution is 0.0941. The number of hydrogen-bond acceptors (Lipinski definition) is 6. The Labute approximate surface area is 186 Å². The van der Waals surface area contributed by atoms with Crippen LogP contribution in [0, 0.1) is 5.82 Å². The van der Waals surface area contributed by atoms with E-state index in [9.17, 15) is 17.6 Å². The van der Waals surface area contributed by atoms with Crippen LogP contribution in [0.25, 0.3) is 0 Å². The third-order valence-electron chi connectivity index (χ3n) is 4.96. The molecule has 2 aromatic rings. The van der Waals surface area contributed by atoms with Crippen molar-refractivity contribution in [2.24, 2.45) is 0 Å². The molecule has 10 heteroatoms. The number of benzene rings is 1. The van der Waals surface area contributed by atoms with Crippen molar-refractivity contribution in [3.8, 4) is 0 Å². The molecule has 1 N–H and O–H groups in total. The van der Waals surface area contributed by atoms with Crippen LogP contribution in [0.1, 0.15) is 48.3 Å². The Morgan fingerprint density at radius 1 is 1.32 bits per heavy atom. The summed E-state index contributed by atoms with van der Waals surface area (Å²) in [6, 6.07) is 3.85. The van der Waals surface area contributed by atoms with Crippen LogP contribution in [0.2, 0.25) is 5.02 Å². The van der Waals surface area contributed by atoms with Crippen molar-refractivity contribution in [2.45, 2.75) is 38.3 Å². The van der Waals surface area contributed by atoms with Gasteiger partial charge in [-0.05, 0) is 43.9 Å². The van der Waals surface area contributed by atoms with Crippen molar-refractivity contribution >= 4 is 33.2 Å². The number of sulfone groups is 1. The number of aromatic nitrogens is 2. The zero-order valence-corrected chi connectivity index (χ0v) is 18.8. The highest BCUT2D eigenvalue weighted by Crippen LogP contribution is 2.37. The molecule has 0 spiro atoms.